The fourth-order valence-electron chi connectivity index (χ4n) is 4.42. The minimum atomic E-state index is -0.392. The Bertz CT molecular complexity index is 856. The maximum Gasteiger partial charge on any atom is 0.237 e. The third-order valence-corrected chi connectivity index (χ3v) is 5.65. The number of hydrogen-bond donors (Lipinski definition) is 1. The largest absolute Gasteiger partial charge is 0.497 e. The summed E-state index contributed by atoms with van der Waals surface area (Å²) in [5.74, 6) is 0.00798. The quantitative estimate of drug-likeness (QED) is 0.846. The molecule has 1 aromatic heterocycles. The lowest BCUT2D eigenvalue weighted by Gasteiger charge is -2.40. The molecular formula is C21H24N4O3. The molecule has 0 bridgehead atoms. The molecule has 4 rings (SSSR count). The Morgan fingerprint density at radius 3 is 2.68 bits per heavy atom. The molecule has 2 N–H and O–H groups in total. The number of hydrogen-bond acceptors (Lipinski definition) is 5. The number of nitrogens with two attached hydrogens (primary N) is 1. The Morgan fingerprint density at radius 2 is 2.04 bits per heavy atom. The van der Waals surface area contributed by atoms with Gasteiger partial charge in [-0.1, -0.05) is 18.2 Å². The molecule has 7 nitrogen and oxygen atoms in total. The van der Waals surface area contributed by atoms with Gasteiger partial charge in [0.1, 0.15) is 5.75 Å². The molecular weight excluding hydrogens is 356 g/mol. The summed E-state index contributed by atoms with van der Waals surface area (Å²) in [6.45, 7) is 1.63. The van der Waals surface area contributed by atoms with Gasteiger partial charge in [0.25, 0.3) is 0 Å². The van der Waals surface area contributed by atoms with Crippen LogP contribution < -0.4 is 10.5 Å². The van der Waals surface area contributed by atoms with Gasteiger partial charge in [-0.15, -0.1) is 0 Å². The summed E-state index contributed by atoms with van der Waals surface area (Å²) < 4.78 is 5.22. The maximum atomic E-state index is 13.0. The van der Waals surface area contributed by atoms with Crippen LogP contribution in [0.3, 0.4) is 0 Å². The van der Waals surface area contributed by atoms with E-state index >= 15 is 0 Å². The summed E-state index contributed by atoms with van der Waals surface area (Å²) in [7, 11) is 1.61. The van der Waals surface area contributed by atoms with Gasteiger partial charge < -0.3 is 15.4 Å². The molecule has 0 saturated carbocycles. The molecule has 0 spiro atoms. The van der Waals surface area contributed by atoms with Crippen LogP contribution in [0.25, 0.3) is 0 Å². The van der Waals surface area contributed by atoms with Crippen molar-refractivity contribution in [3.63, 3.8) is 0 Å². The number of aromatic nitrogens is 1. The number of primary amides is 1. The highest BCUT2D eigenvalue weighted by molar-refractivity contribution is 5.84. The second kappa shape index (κ2) is 7.59. The fraction of sp³-hybridized carbons (Fsp3) is 0.381. The van der Waals surface area contributed by atoms with Crippen LogP contribution in [0.1, 0.15) is 23.7 Å². The van der Waals surface area contributed by atoms with Gasteiger partial charge in [0.05, 0.1) is 31.3 Å². The third kappa shape index (κ3) is 3.45. The van der Waals surface area contributed by atoms with Crippen molar-refractivity contribution in [2.75, 3.05) is 20.2 Å². The summed E-state index contributed by atoms with van der Waals surface area (Å²) >= 11 is 0. The van der Waals surface area contributed by atoms with Gasteiger partial charge in [-0.05, 0) is 36.2 Å². The Kier molecular flexibility index (Phi) is 5.00. The van der Waals surface area contributed by atoms with E-state index in [4.69, 9.17) is 10.5 Å². The average Bonchev–Trinajstić information content (AvgIpc) is 3.09. The standard InChI is InChI=1S/C21H24N4O3/c1-28-17-7-5-14(6-8-17)20-18(21(22)27)10-16-12-24(13-19(26)25(16)20)11-15-4-2-3-9-23-15/h2-9,16,18,20H,10-13H2,1H3,(H2,22,27)/t16-,18-,20-/m1/s1. The van der Waals surface area contributed by atoms with Crippen molar-refractivity contribution in [1.29, 1.82) is 0 Å². The van der Waals surface area contributed by atoms with Gasteiger partial charge in [-0.2, -0.15) is 0 Å². The summed E-state index contributed by atoms with van der Waals surface area (Å²) in [5, 5.41) is 0. The van der Waals surface area contributed by atoms with E-state index in [0.29, 0.717) is 26.1 Å². The zero-order valence-corrected chi connectivity index (χ0v) is 15.8. The predicted octanol–water partition coefficient (Wildman–Crippen LogP) is 1.35. The highest BCUT2D eigenvalue weighted by Gasteiger charge is 2.49. The number of ether oxygens (including phenoxy) is 1. The summed E-state index contributed by atoms with van der Waals surface area (Å²) in [6, 6.07) is 12.9. The van der Waals surface area contributed by atoms with Crippen LogP contribution in [0.15, 0.2) is 48.7 Å². The summed E-state index contributed by atoms with van der Waals surface area (Å²) in [4.78, 5) is 33.5. The molecule has 2 aromatic rings. The number of pyridine rings is 1. The van der Waals surface area contributed by atoms with Crippen LogP contribution in [0, 0.1) is 5.92 Å². The molecule has 2 aliphatic rings. The van der Waals surface area contributed by atoms with Crippen LogP contribution >= 0.6 is 0 Å². The van der Waals surface area contributed by atoms with Crippen LogP contribution in [-0.4, -0.2) is 52.8 Å². The number of rotatable bonds is 5. The zero-order valence-electron chi connectivity index (χ0n) is 15.8. The number of carbonyl (C=O) groups is 2. The first kappa shape index (κ1) is 18.4. The Balaban J connectivity index is 1.57. The number of fused-ring (bicyclic) bond motifs is 1. The number of nitrogens with zero attached hydrogens (tertiary/aromatic N) is 3. The second-order valence-electron chi connectivity index (χ2n) is 7.41. The zero-order chi connectivity index (χ0) is 19.7. The van der Waals surface area contributed by atoms with Gasteiger partial charge in [0.2, 0.25) is 11.8 Å². The van der Waals surface area contributed by atoms with Gasteiger partial charge in [0.15, 0.2) is 0 Å². The van der Waals surface area contributed by atoms with Crippen LogP contribution in [0.2, 0.25) is 0 Å². The van der Waals surface area contributed by atoms with Gasteiger partial charge >= 0.3 is 0 Å². The van der Waals surface area contributed by atoms with Crippen LogP contribution in [-0.2, 0) is 16.1 Å². The molecule has 146 valence electrons. The first-order valence-corrected chi connectivity index (χ1v) is 9.43. The number of carbonyl (C=O) groups excluding carboxylic acids is 2. The second-order valence-corrected chi connectivity index (χ2v) is 7.41. The lowest BCUT2D eigenvalue weighted by molar-refractivity contribution is -0.141. The molecule has 2 fully saturated rings. The molecule has 28 heavy (non-hydrogen) atoms. The number of amides is 2. The highest BCUT2D eigenvalue weighted by Crippen LogP contribution is 2.43. The Hall–Kier alpha value is -2.93. The van der Waals surface area contributed by atoms with Crippen molar-refractivity contribution >= 4 is 11.8 Å². The van der Waals surface area contributed by atoms with E-state index in [1.165, 1.54) is 0 Å². The van der Waals surface area contributed by atoms with Crippen LogP contribution in [0.4, 0.5) is 0 Å². The fourth-order valence-corrected chi connectivity index (χ4v) is 4.42. The normalized spacial score (nSPS) is 24.8. The van der Waals surface area contributed by atoms with E-state index in [2.05, 4.69) is 9.88 Å². The van der Waals surface area contributed by atoms with Crippen molar-refractivity contribution in [3.8, 4) is 5.75 Å². The lowest BCUT2D eigenvalue weighted by atomic mass is 9.92. The lowest BCUT2D eigenvalue weighted by Crippen LogP contribution is -2.54. The number of benzene rings is 1. The van der Waals surface area contributed by atoms with E-state index in [9.17, 15) is 9.59 Å². The minimum Gasteiger partial charge on any atom is -0.497 e. The van der Waals surface area contributed by atoms with E-state index < -0.39 is 5.92 Å². The Labute approximate surface area is 164 Å². The van der Waals surface area contributed by atoms with Crippen molar-refractivity contribution in [2.24, 2.45) is 11.7 Å². The smallest absolute Gasteiger partial charge is 0.237 e. The monoisotopic (exact) mass is 380 g/mol. The van der Waals surface area contributed by atoms with Gasteiger partial charge in [-0.25, -0.2) is 0 Å². The average molecular weight is 380 g/mol. The molecule has 0 unspecified atom stereocenters. The van der Waals surface area contributed by atoms with Crippen molar-refractivity contribution in [3.05, 3.63) is 59.9 Å². The van der Waals surface area contributed by atoms with E-state index in [-0.39, 0.29) is 23.9 Å². The molecule has 2 amide bonds. The van der Waals surface area contributed by atoms with Crippen molar-refractivity contribution in [2.45, 2.75) is 25.0 Å². The number of piperazine rings is 1. The predicted molar refractivity (Wildman–Crippen MR) is 103 cm³/mol. The van der Waals surface area contributed by atoms with Crippen molar-refractivity contribution < 1.29 is 14.3 Å². The van der Waals surface area contributed by atoms with Gasteiger partial charge in [0, 0.05) is 25.3 Å². The van der Waals surface area contributed by atoms with Crippen LogP contribution in [0.5, 0.6) is 5.75 Å². The molecule has 2 aliphatic heterocycles. The third-order valence-electron chi connectivity index (χ3n) is 5.65. The molecule has 3 heterocycles. The first-order chi connectivity index (χ1) is 13.6. The van der Waals surface area contributed by atoms with E-state index in [0.717, 1.165) is 17.0 Å². The van der Waals surface area contributed by atoms with E-state index in [1.807, 2.05) is 47.4 Å². The topological polar surface area (TPSA) is 88.8 Å². The first-order valence-electron chi connectivity index (χ1n) is 9.43. The van der Waals surface area contributed by atoms with Crippen molar-refractivity contribution in [1.82, 2.24) is 14.8 Å². The molecule has 0 radical (unpaired) electrons. The summed E-state index contributed by atoms with van der Waals surface area (Å²) in [6.07, 6.45) is 2.34. The molecule has 7 heteroatoms. The SMILES string of the molecule is COc1ccc([C@@H]2[C@H](C(N)=O)C[C@@H]3CN(Cc4ccccn4)CC(=O)N32)cc1. The Morgan fingerprint density at radius 1 is 1.25 bits per heavy atom. The number of methoxy groups -OCH3 is 1. The molecule has 1 aromatic carbocycles. The van der Waals surface area contributed by atoms with E-state index in [1.54, 1.807) is 13.3 Å². The molecule has 2 saturated heterocycles. The molecule has 3 atom stereocenters. The maximum absolute atomic E-state index is 13.0. The van der Waals surface area contributed by atoms with Gasteiger partial charge in [-0.3, -0.25) is 19.5 Å². The minimum absolute atomic E-state index is 0.0248. The summed E-state index contributed by atoms with van der Waals surface area (Å²) in [5.41, 5.74) is 7.56. The molecule has 0 aliphatic carbocycles. The highest BCUT2D eigenvalue weighted by atomic mass is 16.5.